The number of pyridine rings is 1. The van der Waals surface area contributed by atoms with Crippen molar-refractivity contribution >= 4 is 11.0 Å². The Morgan fingerprint density at radius 1 is 1.44 bits per heavy atom. The van der Waals surface area contributed by atoms with E-state index in [0.29, 0.717) is 0 Å². The molecule has 1 atom stereocenters. The Bertz CT molecular complexity index is 609. The molecule has 4 heteroatoms. The predicted octanol–water partition coefficient (Wildman–Crippen LogP) is 3.09. The Morgan fingerprint density at radius 2 is 2.17 bits per heavy atom. The van der Waals surface area contributed by atoms with Crippen molar-refractivity contribution in [1.29, 1.82) is 0 Å². The van der Waals surface area contributed by atoms with Gasteiger partial charge in [-0.2, -0.15) is 0 Å². The molecule has 0 radical (unpaired) electrons. The van der Waals surface area contributed by atoms with Crippen LogP contribution in [-0.2, 0) is 0 Å². The van der Waals surface area contributed by atoms with Crippen LogP contribution in [0.4, 0.5) is 0 Å². The number of aryl methyl sites for hydroxylation is 2. The Labute approximate surface area is 107 Å². The van der Waals surface area contributed by atoms with Crippen molar-refractivity contribution in [3.63, 3.8) is 0 Å². The maximum absolute atomic E-state index is 12.0. The topological polar surface area (TPSA) is 50.7 Å². The fourth-order valence-corrected chi connectivity index (χ4v) is 2.44. The van der Waals surface area contributed by atoms with Crippen molar-refractivity contribution in [3.05, 3.63) is 27.7 Å². The molecule has 0 amide bonds. The Kier molecular flexibility index (Phi) is 3.55. The van der Waals surface area contributed by atoms with Crippen LogP contribution >= 0.6 is 0 Å². The standard InChI is InChI=1S/C14H21N3O/c1-5-6-7-11(4)17-13-12(14(18)16-17)9(2)8-10(3)15-13/h8,11H,5-7H2,1-4H3,(H,16,18)/t11-/m0/s1. The molecule has 0 unspecified atom stereocenters. The van der Waals surface area contributed by atoms with Gasteiger partial charge in [0.2, 0.25) is 0 Å². The minimum atomic E-state index is -0.0293. The second kappa shape index (κ2) is 4.96. The summed E-state index contributed by atoms with van der Waals surface area (Å²) < 4.78 is 1.92. The summed E-state index contributed by atoms with van der Waals surface area (Å²) in [6.07, 6.45) is 3.39. The molecular formula is C14H21N3O. The third-order valence-electron chi connectivity index (χ3n) is 3.42. The molecule has 2 aromatic heterocycles. The van der Waals surface area contributed by atoms with E-state index in [2.05, 4.69) is 23.9 Å². The molecule has 1 N–H and O–H groups in total. The molecule has 0 aromatic carbocycles. The zero-order valence-electron chi connectivity index (χ0n) is 11.6. The monoisotopic (exact) mass is 247 g/mol. The zero-order chi connectivity index (χ0) is 13.3. The molecule has 0 aliphatic heterocycles. The van der Waals surface area contributed by atoms with E-state index in [0.717, 1.165) is 35.1 Å². The van der Waals surface area contributed by atoms with Gasteiger partial charge in [0.15, 0.2) is 5.65 Å². The molecule has 2 heterocycles. The minimum Gasteiger partial charge on any atom is -0.267 e. The molecule has 0 fully saturated rings. The van der Waals surface area contributed by atoms with E-state index in [4.69, 9.17) is 0 Å². The number of rotatable bonds is 4. The molecule has 0 aliphatic rings. The highest BCUT2D eigenvalue weighted by atomic mass is 16.1. The lowest BCUT2D eigenvalue weighted by Gasteiger charge is -2.13. The van der Waals surface area contributed by atoms with Crippen LogP contribution in [-0.4, -0.2) is 14.8 Å². The van der Waals surface area contributed by atoms with Crippen molar-refractivity contribution in [2.45, 2.75) is 53.0 Å². The SMILES string of the molecule is CCCC[C@H](C)n1[nH]c(=O)c2c(C)cc(C)nc21. The first-order valence-electron chi connectivity index (χ1n) is 6.63. The van der Waals surface area contributed by atoms with E-state index in [1.54, 1.807) is 0 Å². The minimum absolute atomic E-state index is 0.0293. The lowest BCUT2D eigenvalue weighted by molar-refractivity contribution is 0.451. The highest BCUT2D eigenvalue weighted by molar-refractivity contribution is 5.78. The largest absolute Gasteiger partial charge is 0.273 e. The summed E-state index contributed by atoms with van der Waals surface area (Å²) in [6.45, 7) is 8.23. The summed E-state index contributed by atoms with van der Waals surface area (Å²) >= 11 is 0. The van der Waals surface area contributed by atoms with Crippen molar-refractivity contribution < 1.29 is 0 Å². The van der Waals surface area contributed by atoms with Gasteiger partial charge >= 0.3 is 0 Å². The smallest absolute Gasteiger partial charge is 0.267 e. The van der Waals surface area contributed by atoms with Gasteiger partial charge in [0.25, 0.3) is 5.56 Å². The summed E-state index contributed by atoms with van der Waals surface area (Å²) in [5, 5.41) is 3.65. The average molecular weight is 247 g/mol. The van der Waals surface area contributed by atoms with Crippen LogP contribution in [0.5, 0.6) is 0 Å². The molecule has 0 aliphatic carbocycles. The Morgan fingerprint density at radius 3 is 2.83 bits per heavy atom. The number of H-pyrrole nitrogens is 1. The van der Waals surface area contributed by atoms with Gasteiger partial charge in [-0.1, -0.05) is 19.8 Å². The molecule has 4 nitrogen and oxygen atoms in total. The number of nitrogens with one attached hydrogen (secondary N) is 1. The predicted molar refractivity (Wildman–Crippen MR) is 74.1 cm³/mol. The van der Waals surface area contributed by atoms with Gasteiger partial charge in [-0.05, 0) is 38.8 Å². The van der Waals surface area contributed by atoms with Crippen LogP contribution in [0.25, 0.3) is 11.0 Å². The summed E-state index contributed by atoms with van der Waals surface area (Å²) in [5.41, 5.74) is 2.72. The van der Waals surface area contributed by atoms with Crippen LogP contribution in [0.1, 0.15) is 50.4 Å². The van der Waals surface area contributed by atoms with Crippen molar-refractivity contribution in [3.8, 4) is 0 Å². The lowest BCUT2D eigenvalue weighted by Crippen LogP contribution is -2.11. The van der Waals surface area contributed by atoms with Gasteiger partial charge in [0.05, 0.1) is 5.39 Å². The van der Waals surface area contributed by atoms with E-state index < -0.39 is 0 Å². The maximum atomic E-state index is 12.0. The van der Waals surface area contributed by atoms with Gasteiger partial charge in [0, 0.05) is 11.7 Å². The summed E-state index contributed by atoms with van der Waals surface area (Å²) in [6, 6.07) is 2.24. The highest BCUT2D eigenvalue weighted by Crippen LogP contribution is 2.20. The first kappa shape index (κ1) is 12.9. The highest BCUT2D eigenvalue weighted by Gasteiger charge is 2.15. The van der Waals surface area contributed by atoms with E-state index in [1.165, 1.54) is 6.42 Å². The van der Waals surface area contributed by atoms with E-state index >= 15 is 0 Å². The summed E-state index contributed by atoms with van der Waals surface area (Å²) in [7, 11) is 0. The van der Waals surface area contributed by atoms with Gasteiger partial charge in [-0.15, -0.1) is 0 Å². The molecule has 2 aromatic rings. The fraction of sp³-hybridized carbons (Fsp3) is 0.571. The second-order valence-electron chi connectivity index (χ2n) is 5.08. The number of hydrogen-bond acceptors (Lipinski definition) is 2. The van der Waals surface area contributed by atoms with E-state index in [9.17, 15) is 4.79 Å². The van der Waals surface area contributed by atoms with Crippen molar-refractivity contribution in [1.82, 2.24) is 14.8 Å². The lowest BCUT2D eigenvalue weighted by atomic mass is 10.1. The first-order valence-corrected chi connectivity index (χ1v) is 6.63. The van der Waals surface area contributed by atoms with E-state index in [1.807, 2.05) is 24.6 Å². The molecular weight excluding hydrogens is 226 g/mol. The fourth-order valence-electron chi connectivity index (χ4n) is 2.44. The molecule has 0 bridgehead atoms. The van der Waals surface area contributed by atoms with Crippen LogP contribution in [0, 0.1) is 13.8 Å². The number of aromatic nitrogens is 3. The molecule has 0 spiro atoms. The van der Waals surface area contributed by atoms with Crippen molar-refractivity contribution in [2.24, 2.45) is 0 Å². The van der Waals surface area contributed by atoms with E-state index in [-0.39, 0.29) is 11.6 Å². The third-order valence-corrected chi connectivity index (χ3v) is 3.42. The van der Waals surface area contributed by atoms with Gasteiger partial charge in [0.1, 0.15) is 0 Å². The van der Waals surface area contributed by atoms with Crippen LogP contribution in [0.15, 0.2) is 10.9 Å². The number of hydrogen-bond donors (Lipinski definition) is 1. The van der Waals surface area contributed by atoms with Gasteiger partial charge in [-0.3, -0.25) is 14.6 Å². The van der Waals surface area contributed by atoms with Gasteiger partial charge < -0.3 is 0 Å². The first-order chi connectivity index (χ1) is 8.54. The molecule has 0 saturated carbocycles. The molecule has 98 valence electrons. The molecule has 0 saturated heterocycles. The quantitative estimate of drug-likeness (QED) is 0.902. The summed E-state index contributed by atoms with van der Waals surface area (Å²) in [4.78, 5) is 16.5. The maximum Gasteiger partial charge on any atom is 0.273 e. The van der Waals surface area contributed by atoms with Crippen LogP contribution in [0.2, 0.25) is 0 Å². The summed E-state index contributed by atoms with van der Waals surface area (Å²) in [5.74, 6) is 0. The average Bonchev–Trinajstić information content (AvgIpc) is 2.63. The number of nitrogens with zero attached hydrogens (tertiary/aromatic N) is 2. The normalized spacial score (nSPS) is 13.1. The number of aromatic amines is 1. The van der Waals surface area contributed by atoms with Crippen molar-refractivity contribution in [2.75, 3.05) is 0 Å². The second-order valence-corrected chi connectivity index (χ2v) is 5.08. The third kappa shape index (κ3) is 2.19. The van der Waals surface area contributed by atoms with Gasteiger partial charge in [-0.25, -0.2) is 4.98 Å². The molecule has 18 heavy (non-hydrogen) atoms. The molecule has 2 rings (SSSR count). The van der Waals surface area contributed by atoms with Crippen LogP contribution in [0.3, 0.4) is 0 Å². The Hall–Kier alpha value is -1.58. The Balaban J connectivity index is 2.55. The zero-order valence-corrected chi connectivity index (χ0v) is 11.6. The number of unbranched alkanes of at least 4 members (excludes halogenated alkanes) is 1. The van der Waals surface area contributed by atoms with Crippen LogP contribution < -0.4 is 5.56 Å². The number of fused-ring (bicyclic) bond motifs is 1.